The second kappa shape index (κ2) is 11.4. The number of aliphatic hydroxyl groups excluding tert-OH is 1. The van der Waals surface area contributed by atoms with E-state index >= 15 is 0 Å². The molecule has 0 aromatic heterocycles. The summed E-state index contributed by atoms with van der Waals surface area (Å²) in [6.45, 7) is 6.26. The lowest BCUT2D eigenvalue weighted by Gasteiger charge is -2.24. The van der Waals surface area contributed by atoms with Crippen molar-refractivity contribution in [3.8, 4) is 0 Å². The topological polar surface area (TPSA) is 95.0 Å². The van der Waals surface area contributed by atoms with E-state index in [0.29, 0.717) is 45.0 Å². The number of guanidine groups is 1. The van der Waals surface area contributed by atoms with Crippen LogP contribution in [0.3, 0.4) is 0 Å². The molecule has 0 aromatic rings. The molecule has 1 saturated carbocycles. The van der Waals surface area contributed by atoms with Gasteiger partial charge in [0, 0.05) is 44.7 Å². The summed E-state index contributed by atoms with van der Waals surface area (Å²) >= 11 is 0. The molecule has 0 bridgehead atoms. The highest BCUT2D eigenvalue weighted by atomic mass is 16.5. The number of nitrogens with one attached hydrogen (secondary N) is 3. The van der Waals surface area contributed by atoms with Gasteiger partial charge in [-0.1, -0.05) is 12.8 Å². The van der Waals surface area contributed by atoms with Gasteiger partial charge < -0.3 is 25.8 Å². The van der Waals surface area contributed by atoms with Crippen molar-refractivity contribution in [2.24, 2.45) is 16.3 Å². The number of carbonyl (C=O) groups excluding carboxylic acids is 1. The summed E-state index contributed by atoms with van der Waals surface area (Å²) in [6, 6.07) is 0. The maximum atomic E-state index is 12.0. The van der Waals surface area contributed by atoms with Crippen molar-refractivity contribution in [3.05, 3.63) is 0 Å². The third-order valence-electron chi connectivity index (χ3n) is 5.43. The average Bonchev–Trinajstić information content (AvgIpc) is 3.29. The van der Waals surface area contributed by atoms with Crippen LogP contribution in [0.1, 0.15) is 51.9 Å². The van der Waals surface area contributed by atoms with Crippen molar-refractivity contribution < 1.29 is 14.6 Å². The molecule has 0 spiro atoms. The number of hydrogen-bond donors (Lipinski definition) is 4. The fourth-order valence-corrected chi connectivity index (χ4v) is 3.81. The van der Waals surface area contributed by atoms with Crippen LogP contribution in [-0.2, 0) is 9.53 Å². The van der Waals surface area contributed by atoms with Crippen molar-refractivity contribution >= 4 is 11.9 Å². The minimum absolute atomic E-state index is 0.0490. The lowest BCUT2D eigenvalue weighted by molar-refractivity contribution is -0.121. The van der Waals surface area contributed by atoms with Crippen LogP contribution < -0.4 is 16.0 Å². The number of ether oxygens (including phenoxy) is 1. The van der Waals surface area contributed by atoms with Crippen LogP contribution in [0.5, 0.6) is 0 Å². The summed E-state index contributed by atoms with van der Waals surface area (Å²) < 4.78 is 5.52. The molecule has 1 saturated heterocycles. The van der Waals surface area contributed by atoms with Crippen molar-refractivity contribution in [1.29, 1.82) is 0 Å². The zero-order chi connectivity index (χ0) is 18.7. The summed E-state index contributed by atoms with van der Waals surface area (Å²) in [5, 5.41) is 18.8. The number of amides is 1. The Morgan fingerprint density at radius 2 is 2.00 bits per heavy atom. The third-order valence-corrected chi connectivity index (χ3v) is 5.43. The molecule has 2 rings (SSSR count). The van der Waals surface area contributed by atoms with E-state index in [9.17, 15) is 9.90 Å². The van der Waals surface area contributed by atoms with E-state index < -0.39 is 0 Å². The van der Waals surface area contributed by atoms with Crippen LogP contribution >= 0.6 is 0 Å². The second-order valence-electron chi connectivity index (χ2n) is 7.60. The first kappa shape index (κ1) is 21.0. The van der Waals surface area contributed by atoms with E-state index in [-0.39, 0.29) is 17.9 Å². The normalized spacial score (nSPS) is 24.0. The predicted molar refractivity (Wildman–Crippen MR) is 103 cm³/mol. The summed E-state index contributed by atoms with van der Waals surface area (Å²) in [7, 11) is 0. The zero-order valence-corrected chi connectivity index (χ0v) is 16.2. The summed E-state index contributed by atoms with van der Waals surface area (Å²) in [4.78, 5) is 16.6. The zero-order valence-electron chi connectivity index (χ0n) is 16.2. The second-order valence-corrected chi connectivity index (χ2v) is 7.60. The summed E-state index contributed by atoms with van der Waals surface area (Å²) in [6.07, 6.45) is 7.25. The summed E-state index contributed by atoms with van der Waals surface area (Å²) in [5.74, 6) is 1.49. The van der Waals surface area contributed by atoms with Crippen LogP contribution in [-0.4, -0.2) is 63.0 Å². The molecule has 1 heterocycles. The van der Waals surface area contributed by atoms with Gasteiger partial charge in [0.2, 0.25) is 5.91 Å². The Labute approximate surface area is 157 Å². The molecule has 0 aromatic carbocycles. The maximum Gasteiger partial charge on any atom is 0.220 e. The molecule has 0 radical (unpaired) electrons. The van der Waals surface area contributed by atoms with Crippen molar-refractivity contribution in [1.82, 2.24) is 16.0 Å². The highest BCUT2D eigenvalue weighted by molar-refractivity contribution is 5.80. The third kappa shape index (κ3) is 7.11. The SMILES string of the molecule is CCNC(=NCC1(CCO)CCOC1)NCCNC(=O)CC1CCCC1. The molecule has 1 amide bonds. The van der Waals surface area contributed by atoms with Gasteiger partial charge in [0.15, 0.2) is 5.96 Å². The molecule has 1 aliphatic heterocycles. The minimum atomic E-state index is -0.0490. The summed E-state index contributed by atoms with van der Waals surface area (Å²) in [5.41, 5.74) is -0.0490. The van der Waals surface area contributed by atoms with E-state index in [1.165, 1.54) is 25.7 Å². The van der Waals surface area contributed by atoms with E-state index in [1.54, 1.807) is 0 Å². The fourth-order valence-electron chi connectivity index (χ4n) is 3.81. The van der Waals surface area contributed by atoms with Gasteiger partial charge >= 0.3 is 0 Å². The molecular weight excluding hydrogens is 332 g/mol. The number of carbonyl (C=O) groups is 1. The van der Waals surface area contributed by atoms with Gasteiger partial charge in [-0.25, -0.2) is 0 Å². The van der Waals surface area contributed by atoms with Crippen LogP contribution in [0, 0.1) is 11.3 Å². The molecule has 2 fully saturated rings. The minimum Gasteiger partial charge on any atom is -0.396 e. The lowest BCUT2D eigenvalue weighted by atomic mass is 9.84. The number of aliphatic imine (C=N–C) groups is 1. The Balaban J connectivity index is 1.70. The van der Waals surface area contributed by atoms with E-state index in [1.807, 2.05) is 6.92 Å². The van der Waals surface area contributed by atoms with Crippen LogP contribution in [0.4, 0.5) is 0 Å². The molecule has 1 unspecified atom stereocenters. The van der Waals surface area contributed by atoms with Gasteiger partial charge in [0.05, 0.1) is 13.2 Å². The van der Waals surface area contributed by atoms with Crippen LogP contribution in [0.15, 0.2) is 4.99 Å². The Morgan fingerprint density at radius 1 is 1.23 bits per heavy atom. The first-order valence-corrected chi connectivity index (χ1v) is 10.1. The van der Waals surface area contributed by atoms with E-state index in [0.717, 1.165) is 25.5 Å². The quantitative estimate of drug-likeness (QED) is 0.262. The molecule has 7 nitrogen and oxygen atoms in total. The Morgan fingerprint density at radius 3 is 2.65 bits per heavy atom. The number of rotatable bonds is 10. The first-order valence-electron chi connectivity index (χ1n) is 10.1. The van der Waals surface area contributed by atoms with E-state index in [2.05, 4.69) is 20.9 Å². The lowest BCUT2D eigenvalue weighted by Crippen LogP contribution is -2.42. The molecule has 26 heavy (non-hydrogen) atoms. The Hall–Kier alpha value is -1.34. The fraction of sp³-hybridized carbons (Fsp3) is 0.895. The van der Waals surface area contributed by atoms with Gasteiger partial charge in [0.25, 0.3) is 0 Å². The first-order chi connectivity index (χ1) is 12.7. The van der Waals surface area contributed by atoms with Gasteiger partial charge in [0.1, 0.15) is 0 Å². The molecule has 150 valence electrons. The molecular formula is C19H36N4O3. The average molecular weight is 369 g/mol. The van der Waals surface area contributed by atoms with E-state index in [4.69, 9.17) is 4.74 Å². The Kier molecular flexibility index (Phi) is 9.18. The maximum absolute atomic E-state index is 12.0. The van der Waals surface area contributed by atoms with Crippen molar-refractivity contribution in [3.63, 3.8) is 0 Å². The van der Waals surface area contributed by atoms with Crippen molar-refractivity contribution in [2.45, 2.75) is 51.9 Å². The molecule has 1 atom stereocenters. The molecule has 2 aliphatic rings. The number of nitrogens with zero attached hydrogens (tertiary/aromatic N) is 1. The van der Waals surface area contributed by atoms with Crippen molar-refractivity contribution in [2.75, 3.05) is 46.0 Å². The largest absolute Gasteiger partial charge is 0.396 e. The Bertz CT molecular complexity index is 444. The monoisotopic (exact) mass is 368 g/mol. The highest BCUT2D eigenvalue weighted by Gasteiger charge is 2.34. The number of aliphatic hydroxyl groups is 1. The van der Waals surface area contributed by atoms with Gasteiger partial charge in [-0.15, -0.1) is 0 Å². The van der Waals surface area contributed by atoms with Crippen LogP contribution in [0.25, 0.3) is 0 Å². The van der Waals surface area contributed by atoms with Gasteiger partial charge in [-0.3, -0.25) is 9.79 Å². The molecule has 7 heteroatoms. The molecule has 4 N–H and O–H groups in total. The smallest absolute Gasteiger partial charge is 0.220 e. The standard InChI is InChI=1S/C19H36N4O3/c1-2-20-18(23-14-19(7-11-24)8-12-26-15-19)22-10-9-21-17(25)13-16-5-3-4-6-16/h16,24H,2-15H2,1H3,(H,21,25)(H2,20,22,23). The number of hydrogen-bond acceptors (Lipinski definition) is 4. The van der Waals surface area contributed by atoms with Gasteiger partial charge in [-0.2, -0.15) is 0 Å². The molecule has 1 aliphatic carbocycles. The van der Waals surface area contributed by atoms with Gasteiger partial charge in [-0.05, 0) is 38.5 Å². The predicted octanol–water partition coefficient (Wildman–Crippen LogP) is 1.03. The highest BCUT2D eigenvalue weighted by Crippen LogP contribution is 2.32. The van der Waals surface area contributed by atoms with Crippen LogP contribution in [0.2, 0.25) is 0 Å².